The molecule has 1 aliphatic rings. The van der Waals surface area contributed by atoms with Crippen molar-refractivity contribution < 1.29 is 4.79 Å². The van der Waals surface area contributed by atoms with E-state index in [9.17, 15) is 4.79 Å². The van der Waals surface area contributed by atoms with Gasteiger partial charge >= 0.3 is 0 Å². The van der Waals surface area contributed by atoms with E-state index < -0.39 is 0 Å². The average Bonchev–Trinajstić information content (AvgIpc) is 3.01. The number of aryl methyl sites for hydroxylation is 2. The molecule has 0 unspecified atom stereocenters. The third-order valence-electron chi connectivity index (χ3n) is 5.50. The van der Waals surface area contributed by atoms with Crippen LogP contribution in [0.4, 0.5) is 5.69 Å². The predicted molar refractivity (Wildman–Crippen MR) is 117 cm³/mol. The second kappa shape index (κ2) is 7.91. The van der Waals surface area contributed by atoms with Crippen molar-refractivity contribution in [2.45, 2.75) is 20.8 Å². The zero-order valence-electron chi connectivity index (χ0n) is 17.0. The zero-order chi connectivity index (χ0) is 20.5. The summed E-state index contributed by atoms with van der Waals surface area (Å²) in [4.78, 5) is 17.2. The number of aromatic nitrogens is 2. The first-order valence-corrected chi connectivity index (χ1v) is 10.2. The van der Waals surface area contributed by atoms with Crippen LogP contribution in [-0.4, -0.2) is 46.8 Å². The third kappa shape index (κ3) is 3.87. The Balaban J connectivity index is 1.43. The van der Waals surface area contributed by atoms with E-state index in [-0.39, 0.29) is 5.91 Å². The van der Waals surface area contributed by atoms with Crippen molar-refractivity contribution in [2.75, 3.05) is 31.1 Å². The van der Waals surface area contributed by atoms with Crippen LogP contribution in [0.25, 0.3) is 5.69 Å². The second-order valence-corrected chi connectivity index (χ2v) is 7.94. The van der Waals surface area contributed by atoms with E-state index in [0.29, 0.717) is 10.6 Å². The number of piperazine rings is 1. The molecule has 1 aromatic heterocycles. The summed E-state index contributed by atoms with van der Waals surface area (Å²) in [7, 11) is 0. The Labute approximate surface area is 176 Å². The molecule has 6 heteroatoms. The fourth-order valence-electron chi connectivity index (χ4n) is 3.80. The maximum absolute atomic E-state index is 12.9. The summed E-state index contributed by atoms with van der Waals surface area (Å²) in [6.07, 6.45) is 0. The van der Waals surface area contributed by atoms with Gasteiger partial charge in [-0.15, -0.1) is 0 Å². The summed E-state index contributed by atoms with van der Waals surface area (Å²) in [6, 6.07) is 16.1. The molecule has 1 saturated heterocycles. The van der Waals surface area contributed by atoms with Crippen molar-refractivity contribution in [1.82, 2.24) is 14.7 Å². The molecule has 0 N–H and O–H groups in total. The summed E-state index contributed by atoms with van der Waals surface area (Å²) in [5.74, 6) is 0.0758. The van der Waals surface area contributed by atoms with E-state index in [2.05, 4.69) is 41.2 Å². The Bertz CT molecular complexity index is 1030. The van der Waals surface area contributed by atoms with Crippen molar-refractivity contribution >= 4 is 23.2 Å². The maximum atomic E-state index is 12.9. The fraction of sp³-hybridized carbons (Fsp3) is 0.304. The summed E-state index contributed by atoms with van der Waals surface area (Å²) >= 11 is 6.25. The summed E-state index contributed by atoms with van der Waals surface area (Å²) in [5, 5.41) is 5.15. The topological polar surface area (TPSA) is 41.4 Å². The van der Waals surface area contributed by atoms with E-state index in [0.717, 1.165) is 43.3 Å². The van der Waals surface area contributed by atoms with Crippen LogP contribution in [0.2, 0.25) is 5.02 Å². The lowest BCUT2D eigenvalue weighted by molar-refractivity contribution is 0.0747. The van der Waals surface area contributed by atoms with Gasteiger partial charge in [-0.1, -0.05) is 23.7 Å². The molecule has 3 aromatic rings. The number of rotatable bonds is 3. The molecule has 2 heterocycles. The highest BCUT2D eigenvalue weighted by atomic mass is 35.5. The third-order valence-corrected chi connectivity index (χ3v) is 6.04. The quantitative estimate of drug-likeness (QED) is 0.644. The highest BCUT2D eigenvalue weighted by Crippen LogP contribution is 2.23. The Morgan fingerprint density at radius 3 is 2.21 bits per heavy atom. The molecule has 0 aliphatic carbocycles. The Kier molecular flexibility index (Phi) is 5.33. The molecule has 1 fully saturated rings. The highest BCUT2D eigenvalue weighted by Gasteiger charge is 2.22. The molecule has 1 amide bonds. The zero-order valence-corrected chi connectivity index (χ0v) is 17.8. The van der Waals surface area contributed by atoms with Gasteiger partial charge in [-0.25, -0.2) is 4.68 Å². The number of anilines is 1. The van der Waals surface area contributed by atoms with Crippen molar-refractivity contribution in [3.8, 4) is 5.69 Å². The van der Waals surface area contributed by atoms with Crippen LogP contribution in [0, 0.1) is 20.8 Å². The number of carbonyl (C=O) groups excluding carboxylic acids is 1. The lowest BCUT2D eigenvalue weighted by atomic mass is 10.1. The van der Waals surface area contributed by atoms with Crippen LogP contribution in [0.5, 0.6) is 0 Å². The van der Waals surface area contributed by atoms with Gasteiger partial charge in [-0.3, -0.25) is 4.79 Å². The lowest BCUT2D eigenvalue weighted by Gasteiger charge is -2.36. The number of carbonyl (C=O) groups is 1. The predicted octanol–water partition coefficient (Wildman–Crippen LogP) is 4.41. The van der Waals surface area contributed by atoms with Gasteiger partial charge in [0.05, 0.1) is 22.1 Å². The number of hydrogen-bond donors (Lipinski definition) is 0. The molecule has 0 saturated carbocycles. The van der Waals surface area contributed by atoms with Crippen LogP contribution < -0.4 is 4.90 Å². The molecule has 2 aromatic carbocycles. The van der Waals surface area contributed by atoms with Gasteiger partial charge in [0.1, 0.15) is 0 Å². The molecule has 0 atom stereocenters. The van der Waals surface area contributed by atoms with Gasteiger partial charge in [0.15, 0.2) is 0 Å². The molecule has 0 spiro atoms. The largest absolute Gasteiger partial charge is 0.368 e. The Hall–Kier alpha value is -2.79. The monoisotopic (exact) mass is 408 g/mol. The number of hydrogen-bond acceptors (Lipinski definition) is 3. The van der Waals surface area contributed by atoms with Crippen LogP contribution in [-0.2, 0) is 0 Å². The average molecular weight is 409 g/mol. The van der Waals surface area contributed by atoms with Crippen LogP contribution in [0.3, 0.4) is 0 Å². The van der Waals surface area contributed by atoms with E-state index in [1.54, 1.807) is 0 Å². The minimum Gasteiger partial charge on any atom is -0.368 e. The van der Waals surface area contributed by atoms with E-state index in [1.165, 1.54) is 11.3 Å². The summed E-state index contributed by atoms with van der Waals surface area (Å²) in [6.45, 7) is 9.07. The second-order valence-electron chi connectivity index (χ2n) is 7.56. The Morgan fingerprint density at radius 1 is 0.931 bits per heavy atom. The van der Waals surface area contributed by atoms with Crippen LogP contribution in [0.1, 0.15) is 27.3 Å². The SMILES string of the molecule is Cc1cccc(N2CCN(C(=O)c3ccc(-n4nc(C)c(Cl)c4C)cc3)CC2)c1. The maximum Gasteiger partial charge on any atom is 0.253 e. The smallest absolute Gasteiger partial charge is 0.253 e. The first-order valence-electron chi connectivity index (χ1n) is 9.87. The molecule has 5 nitrogen and oxygen atoms in total. The first kappa shape index (κ1) is 19.5. The highest BCUT2D eigenvalue weighted by molar-refractivity contribution is 6.31. The van der Waals surface area contributed by atoms with E-state index >= 15 is 0 Å². The molecule has 29 heavy (non-hydrogen) atoms. The number of benzene rings is 2. The standard InChI is InChI=1S/C23H25ClN4O/c1-16-5-4-6-21(15-16)26-11-13-27(14-12-26)23(29)19-7-9-20(10-8-19)28-18(3)22(24)17(2)25-28/h4-10,15H,11-14H2,1-3H3. The molecule has 0 radical (unpaired) electrons. The molecule has 1 aliphatic heterocycles. The fourth-order valence-corrected chi connectivity index (χ4v) is 3.91. The van der Waals surface area contributed by atoms with Gasteiger partial charge < -0.3 is 9.80 Å². The first-order chi connectivity index (χ1) is 13.9. The van der Waals surface area contributed by atoms with Crippen molar-refractivity contribution in [1.29, 1.82) is 0 Å². The Morgan fingerprint density at radius 2 is 1.62 bits per heavy atom. The van der Waals surface area contributed by atoms with Gasteiger partial charge in [-0.05, 0) is 62.7 Å². The summed E-state index contributed by atoms with van der Waals surface area (Å²) in [5.41, 5.74) is 5.78. The lowest BCUT2D eigenvalue weighted by Crippen LogP contribution is -2.48. The molecular weight excluding hydrogens is 384 g/mol. The molecule has 0 bridgehead atoms. The van der Waals surface area contributed by atoms with Crippen molar-refractivity contribution in [3.63, 3.8) is 0 Å². The molecule has 4 rings (SSSR count). The van der Waals surface area contributed by atoms with Gasteiger partial charge in [0, 0.05) is 37.4 Å². The van der Waals surface area contributed by atoms with Crippen molar-refractivity contribution in [3.05, 3.63) is 76.1 Å². The van der Waals surface area contributed by atoms with Crippen LogP contribution in [0.15, 0.2) is 48.5 Å². The van der Waals surface area contributed by atoms with Gasteiger partial charge in [0.25, 0.3) is 5.91 Å². The minimum absolute atomic E-state index is 0.0758. The number of nitrogens with zero attached hydrogens (tertiary/aromatic N) is 4. The van der Waals surface area contributed by atoms with E-state index in [4.69, 9.17) is 11.6 Å². The van der Waals surface area contributed by atoms with Crippen LogP contribution >= 0.6 is 11.6 Å². The van der Waals surface area contributed by atoms with Gasteiger partial charge in [0.2, 0.25) is 0 Å². The number of halogens is 1. The minimum atomic E-state index is 0.0758. The van der Waals surface area contributed by atoms with Gasteiger partial charge in [-0.2, -0.15) is 5.10 Å². The molecular formula is C23H25ClN4O. The van der Waals surface area contributed by atoms with Crippen molar-refractivity contribution in [2.24, 2.45) is 0 Å². The normalized spacial score (nSPS) is 14.3. The summed E-state index contributed by atoms with van der Waals surface area (Å²) < 4.78 is 1.81. The van der Waals surface area contributed by atoms with E-state index in [1.807, 2.05) is 47.7 Å². The number of amides is 1. The molecule has 150 valence electrons.